The molecule has 2 N–H and O–H groups in total. The van der Waals surface area contributed by atoms with Gasteiger partial charge in [-0.3, -0.25) is 4.39 Å². The summed E-state index contributed by atoms with van der Waals surface area (Å²) < 4.78 is 28.2. The zero-order valence-electron chi connectivity index (χ0n) is 11.7. The van der Waals surface area contributed by atoms with Crippen LogP contribution in [0.4, 0.5) is 4.39 Å². The lowest BCUT2D eigenvalue weighted by Crippen LogP contribution is -2.18. The molecule has 0 spiro atoms. The molecule has 1 unspecified atom stereocenters. The Hall–Kier alpha value is -1.49. The third kappa shape index (κ3) is 4.59. The van der Waals surface area contributed by atoms with Crippen molar-refractivity contribution < 1.29 is 18.6 Å². The molecule has 1 atom stereocenters. The second-order valence-corrected chi connectivity index (χ2v) is 4.39. The average molecular weight is 271 g/mol. The molecule has 0 radical (unpaired) electrons. The van der Waals surface area contributed by atoms with Gasteiger partial charge in [0.2, 0.25) is 0 Å². The number of hydrogen-bond donors (Lipinski definition) is 1. The highest BCUT2D eigenvalue weighted by Crippen LogP contribution is 2.35. The van der Waals surface area contributed by atoms with Crippen LogP contribution >= 0.6 is 0 Å². The maximum Gasteiger partial charge on any atom is 0.164 e. The Morgan fingerprint density at radius 3 is 2.37 bits per heavy atom. The molecule has 0 bridgehead atoms. The van der Waals surface area contributed by atoms with Gasteiger partial charge in [-0.05, 0) is 25.0 Å². The molecule has 0 saturated heterocycles. The summed E-state index contributed by atoms with van der Waals surface area (Å²) >= 11 is 0. The first-order valence-electron chi connectivity index (χ1n) is 6.31. The molecular weight excluding hydrogens is 249 g/mol. The van der Waals surface area contributed by atoms with E-state index in [4.69, 9.17) is 19.9 Å². The van der Waals surface area contributed by atoms with E-state index in [0.717, 1.165) is 5.56 Å². The Labute approximate surface area is 113 Å². The summed E-state index contributed by atoms with van der Waals surface area (Å²) in [5, 5.41) is 0. The van der Waals surface area contributed by atoms with Gasteiger partial charge in [-0.15, -0.1) is 0 Å². The molecule has 0 fully saturated rings. The normalized spacial score (nSPS) is 12.1. The molecule has 0 aromatic heterocycles. The van der Waals surface area contributed by atoms with Gasteiger partial charge in [-0.25, -0.2) is 0 Å². The molecule has 5 heteroatoms. The van der Waals surface area contributed by atoms with E-state index in [-0.39, 0.29) is 6.04 Å². The molecule has 1 rings (SSSR count). The van der Waals surface area contributed by atoms with Crippen molar-refractivity contribution in [2.75, 3.05) is 27.5 Å². The fourth-order valence-corrected chi connectivity index (χ4v) is 1.79. The minimum absolute atomic E-state index is 0.0249. The summed E-state index contributed by atoms with van der Waals surface area (Å²) in [5.74, 6) is 1.87. The van der Waals surface area contributed by atoms with Crippen LogP contribution in [0.5, 0.6) is 17.2 Å². The van der Waals surface area contributed by atoms with Crippen LogP contribution < -0.4 is 19.9 Å². The average Bonchev–Trinajstić information content (AvgIpc) is 2.39. The molecule has 1 aromatic carbocycles. The third-order valence-corrected chi connectivity index (χ3v) is 2.64. The summed E-state index contributed by atoms with van der Waals surface area (Å²) in [5.41, 5.74) is 6.77. The van der Waals surface area contributed by atoms with Gasteiger partial charge in [0.25, 0.3) is 0 Å². The maximum atomic E-state index is 12.1. The lowest BCUT2D eigenvalue weighted by Gasteiger charge is -2.16. The van der Waals surface area contributed by atoms with Crippen molar-refractivity contribution in [3.8, 4) is 17.2 Å². The van der Waals surface area contributed by atoms with Gasteiger partial charge in [0.15, 0.2) is 11.5 Å². The van der Waals surface area contributed by atoms with Crippen molar-refractivity contribution in [3.05, 3.63) is 17.7 Å². The molecule has 108 valence electrons. The topological polar surface area (TPSA) is 53.7 Å². The van der Waals surface area contributed by atoms with Crippen LogP contribution in [0.25, 0.3) is 0 Å². The van der Waals surface area contributed by atoms with E-state index < -0.39 is 6.67 Å². The number of alkyl halides is 1. The van der Waals surface area contributed by atoms with Crippen LogP contribution in [0.3, 0.4) is 0 Å². The highest BCUT2D eigenvalue weighted by atomic mass is 19.1. The van der Waals surface area contributed by atoms with Crippen LogP contribution in [0.15, 0.2) is 12.1 Å². The Morgan fingerprint density at radius 2 is 1.84 bits per heavy atom. The number of nitrogens with two attached hydrogens (primary N) is 1. The van der Waals surface area contributed by atoms with E-state index in [0.29, 0.717) is 36.7 Å². The lowest BCUT2D eigenvalue weighted by molar-refractivity contribution is 0.271. The fourth-order valence-electron chi connectivity index (χ4n) is 1.79. The Bertz CT molecular complexity index is 397. The Morgan fingerprint density at radius 1 is 1.16 bits per heavy atom. The van der Waals surface area contributed by atoms with Gasteiger partial charge in [0, 0.05) is 18.5 Å². The number of benzene rings is 1. The van der Waals surface area contributed by atoms with E-state index in [9.17, 15) is 4.39 Å². The first-order valence-corrected chi connectivity index (χ1v) is 6.31. The van der Waals surface area contributed by atoms with Gasteiger partial charge >= 0.3 is 0 Å². The van der Waals surface area contributed by atoms with Crippen LogP contribution in [0, 0.1) is 0 Å². The van der Waals surface area contributed by atoms with E-state index in [1.54, 1.807) is 20.3 Å². The van der Waals surface area contributed by atoms with E-state index >= 15 is 0 Å². The standard InChI is InChI=1S/C14H22FNO3/c1-10(16)7-11-8-13(18-3)14(9-12(11)17-2)19-6-4-5-15/h8-10H,4-7,16H2,1-3H3. The highest BCUT2D eigenvalue weighted by molar-refractivity contribution is 5.51. The largest absolute Gasteiger partial charge is 0.496 e. The Kier molecular flexibility index (Phi) is 6.42. The predicted octanol–water partition coefficient (Wildman–Crippen LogP) is 2.33. The summed E-state index contributed by atoms with van der Waals surface area (Å²) in [6, 6.07) is 3.64. The second kappa shape index (κ2) is 7.84. The number of ether oxygens (including phenoxy) is 3. The predicted molar refractivity (Wildman–Crippen MR) is 73.0 cm³/mol. The van der Waals surface area contributed by atoms with Crippen molar-refractivity contribution in [2.24, 2.45) is 5.73 Å². The molecule has 0 aliphatic heterocycles. The highest BCUT2D eigenvalue weighted by Gasteiger charge is 2.13. The van der Waals surface area contributed by atoms with Crippen molar-refractivity contribution in [3.63, 3.8) is 0 Å². The molecule has 4 nitrogen and oxygen atoms in total. The summed E-state index contributed by atoms with van der Waals surface area (Å²) in [7, 11) is 3.16. The van der Waals surface area contributed by atoms with Crippen molar-refractivity contribution in [1.29, 1.82) is 0 Å². The summed E-state index contributed by atoms with van der Waals surface area (Å²) in [6.45, 7) is 1.84. The van der Waals surface area contributed by atoms with Crippen LogP contribution in [0.2, 0.25) is 0 Å². The van der Waals surface area contributed by atoms with E-state index in [1.165, 1.54) is 0 Å². The zero-order chi connectivity index (χ0) is 14.3. The van der Waals surface area contributed by atoms with E-state index in [1.807, 2.05) is 13.0 Å². The van der Waals surface area contributed by atoms with Crippen LogP contribution in [-0.4, -0.2) is 33.5 Å². The summed E-state index contributed by atoms with van der Waals surface area (Å²) in [4.78, 5) is 0. The lowest BCUT2D eigenvalue weighted by atomic mass is 10.1. The van der Waals surface area contributed by atoms with Gasteiger partial charge in [-0.2, -0.15) is 0 Å². The van der Waals surface area contributed by atoms with Crippen molar-refractivity contribution in [2.45, 2.75) is 25.8 Å². The number of methoxy groups -OCH3 is 2. The summed E-state index contributed by atoms with van der Waals surface area (Å²) in [6.07, 6.45) is 1.04. The second-order valence-electron chi connectivity index (χ2n) is 4.39. The molecule has 19 heavy (non-hydrogen) atoms. The number of hydrogen-bond acceptors (Lipinski definition) is 4. The number of rotatable bonds is 8. The van der Waals surface area contributed by atoms with E-state index in [2.05, 4.69) is 0 Å². The SMILES string of the molecule is COc1cc(OCCCF)c(OC)cc1CC(C)N. The zero-order valence-corrected chi connectivity index (χ0v) is 11.7. The van der Waals surface area contributed by atoms with Gasteiger partial charge in [0.05, 0.1) is 27.5 Å². The smallest absolute Gasteiger partial charge is 0.164 e. The van der Waals surface area contributed by atoms with Crippen LogP contribution in [-0.2, 0) is 6.42 Å². The molecule has 0 saturated carbocycles. The van der Waals surface area contributed by atoms with Crippen molar-refractivity contribution >= 4 is 0 Å². The van der Waals surface area contributed by atoms with Gasteiger partial charge in [0.1, 0.15) is 5.75 Å². The molecule has 1 aromatic rings. The van der Waals surface area contributed by atoms with Crippen LogP contribution in [0.1, 0.15) is 18.9 Å². The van der Waals surface area contributed by atoms with Crippen molar-refractivity contribution in [1.82, 2.24) is 0 Å². The first kappa shape index (κ1) is 15.6. The quantitative estimate of drug-likeness (QED) is 0.737. The molecular formula is C14H22FNO3. The minimum Gasteiger partial charge on any atom is -0.496 e. The first-order chi connectivity index (χ1) is 9.12. The molecule has 0 heterocycles. The number of halogens is 1. The molecule has 0 amide bonds. The maximum absolute atomic E-state index is 12.1. The van der Waals surface area contributed by atoms with Gasteiger partial charge in [-0.1, -0.05) is 0 Å². The monoisotopic (exact) mass is 271 g/mol. The fraction of sp³-hybridized carbons (Fsp3) is 0.571. The minimum atomic E-state index is -0.401. The molecule has 0 aliphatic carbocycles. The molecule has 0 aliphatic rings. The van der Waals surface area contributed by atoms with Gasteiger partial charge < -0.3 is 19.9 Å². The Balaban J connectivity index is 2.97. The third-order valence-electron chi connectivity index (χ3n) is 2.64.